The molecule has 2 aromatic carbocycles. The molecular weight excluding hydrogens is 443 g/mol. The first-order valence-electron chi connectivity index (χ1n) is 8.30. The topological polar surface area (TPSA) is 94.2 Å². The fraction of sp³-hybridized carbons (Fsp3) is 0.278. The summed E-state index contributed by atoms with van der Waals surface area (Å²) in [6, 6.07) is 7.54. The number of amides is 1. The number of benzene rings is 2. The van der Waals surface area contributed by atoms with Gasteiger partial charge in [0.2, 0.25) is 10.0 Å². The minimum atomic E-state index is -3.67. The summed E-state index contributed by atoms with van der Waals surface area (Å²) in [7, 11) is -0.805. The molecule has 0 fully saturated rings. The maximum absolute atomic E-state index is 12.9. The number of carbonyl (C=O) groups is 1. The second kappa shape index (κ2) is 8.17. The molecule has 1 heterocycles. The molecule has 3 rings (SSSR count). The van der Waals surface area contributed by atoms with Crippen molar-refractivity contribution in [3.8, 4) is 17.2 Å². The van der Waals surface area contributed by atoms with Gasteiger partial charge in [0, 0.05) is 17.2 Å². The molecule has 29 heavy (non-hydrogen) atoms. The van der Waals surface area contributed by atoms with Crippen molar-refractivity contribution in [1.29, 1.82) is 0 Å². The Morgan fingerprint density at radius 1 is 1.17 bits per heavy atom. The molecule has 1 aliphatic heterocycles. The third-order valence-corrected chi connectivity index (χ3v) is 5.89. The van der Waals surface area contributed by atoms with Gasteiger partial charge in [0.25, 0.3) is 5.91 Å². The first-order valence-corrected chi connectivity index (χ1v) is 10.9. The predicted octanol–water partition coefficient (Wildman–Crippen LogP) is 3.18. The van der Waals surface area contributed by atoms with Gasteiger partial charge in [0.1, 0.15) is 17.2 Å². The molecular formula is C18H18Cl2N2O6S. The standard InChI is InChI=1S/C18H18Cl2N2O6S/c1-26-15-8-12(16(27-2)7-11(15)20)21-18(23)17-9-22(29(3,24)25)13-6-10(19)4-5-14(13)28-17/h4-8,17H,9H2,1-3H3,(H,21,23)/t17-/m0/s1. The van der Waals surface area contributed by atoms with Crippen molar-refractivity contribution in [3.05, 3.63) is 40.4 Å². The Balaban J connectivity index is 1.92. The van der Waals surface area contributed by atoms with Crippen molar-refractivity contribution < 1.29 is 27.4 Å². The molecule has 0 aliphatic carbocycles. The van der Waals surface area contributed by atoms with Crippen LogP contribution in [0, 0.1) is 0 Å². The number of hydrogen-bond acceptors (Lipinski definition) is 6. The number of carbonyl (C=O) groups excluding carboxylic acids is 1. The summed E-state index contributed by atoms with van der Waals surface area (Å²) < 4.78 is 41.7. The van der Waals surface area contributed by atoms with E-state index >= 15 is 0 Å². The number of anilines is 2. The lowest BCUT2D eigenvalue weighted by Crippen LogP contribution is -2.48. The predicted molar refractivity (Wildman–Crippen MR) is 111 cm³/mol. The maximum Gasteiger partial charge on any atom is 0.267 e. The molecule has 156 valence electrons. The molecule has 0 saturated heterocycles. The highest BCUT2D eigenvalue weighted by molar-refractivity contribution is 7.92. The Morgan fingerprint density at radius 2 is 1.86 bits per heavy atom. The number of ether oxygens (including phenoxy) is 3. The minimum absolute atomic E-state index is 0.217. The van der Waals surface area contributed by atoms with Crippen LogP contribution in [-0.4, -0.2) is 47.4 Å². The first kappa shape index (κ1) is 21.4. The SMILES string of the molecule is COc1cc(NC(=O)[C@@H]2CN(S(C)(=O)=O)c3cc(Cl)ccc3O2)c(OC)cc1Cl. The Kier molecular flexibility index (Phi) is 6.02. The van der Waals surface area contributed by atoms with Gasteiger partial charge in [-0.15, -0.1) is 0 Å². The molecule has 0 radical (unpaired) electrons. The van der Waals surface area contributed by atoms with Crippen LogP contribution in [0.25, 0.3) is 0 Å². The Morgan fingerprint density at radius 3 is 2.48 bits per heavy atom. The highest BCUT2D eigenvalue weighted by Crippen LogP contribution is 2.38. The number of hydrogen-bond donors (Lipinski definition) is 1. The van der Waals surface area contributed by atoms with Crippen LogP contribution < -0.4 is 23.8 Å². The van der Waals surface area contributed by atoms with E-state index in [2.05, 4.69) is 5.32 Å². The van der Waals surface area contributed by atoms with Crippen molar-refractivity contribution in [2.24, 2.45) is 0 Å². The Labute approximate surface area is 178 Å². The van der Waals surface area contributed by atoms with Crippen LogP contribution in [0.1, 0.15) is 0 Å². The zero-order chi connectivity index (χ0) is 21.3. The summed E-state index contributed by atoms with van der Waals surface area (Å²) in [4.78, 5) is 12.9. The lowest BCUT2D eigenvalue weighted by Gasteiger charge is -2.34. The molecule has 11 heteroatoms. The zero-order valence-electron chi connectivity index (χ0n) is 15.7. The molecule has 2 aromatic rings. The van der Waals surface area contributed by atoms with Crippen LogP contribution in [0.3, 0.4) is 0 Å². The summed E-state index contributed by atoms with van der Waals surface area (Å²) in [6.07, 6.45) is -0.0600. The van der Waals surface area contributed by atoms with Crippen LogP contribution in [0.4, 0.5) is 11.4 Å². The smallest absolute Gasteiger partial charge is 0.267 e. The van der Waals surface area contributed by atoms with Gasteiger partial charge in [-0.2, -0.15) is 0 Å². The van der Waals surface area contributed by atoms with E-state index in [0.717, 1.165) is 10.6 Å². The van der Waals surface area contributed by atoms with Gasteiger partial charge in [0.15, 0.2) is 6.10 Å². The van der Waals surface area contributed by atoms with Gasteiger partial charge in [0.05, 0.1) is 43.4 Å². The highest BCUT2D eigenvalue weighted by Gasteiger charge is 2.35. The summed E-state index contributed by atoms with van der Waals surface area (Å²) in [6.45, 7) is -0.217. The van der Waals surface area contributed by atoms with Crippen LogP contribution in [-0.2, 0) is 14.8 Å². The van der Waals surface area contributed by atoms with Crippen molar-refractivity contribution in [3.63, 3.8) is 0 Å². The van der Waals surface area contributed by atoms with Crippen LogP contribution >= 0.6 is 23.2 Å². The Bertz CT molecular complexity index is 1060. The third kappa shape index (κ3) is 4.47. The van der Waals surface area contributed by atoms with E-state index in [1.54, 1.807) is 6.07 Å². The second-order valence-corrected chi connectivity index (χ2v) is 8.94. The summed E-state index contributed by atoms with van der Waals surface area (Å²) in [5, 5.41) is 3.33. The van der Waals surface area contributed by atoms with E-state index in [-0.39, 0.29) is 18.0 Å². The van der Waals surface area contributed by atoms with Crippen LogP contribution in [0.2, 0.25) is 10.0 Å². The molecule has 0 spiro atoms. The van der Waals surface area contributed by atoms with E-state index in [4.69, 9.17) is 37.4 Å². The number of nitrogens with one attached hydrogen (secondary N) is 1. The van der Waals surface area contributed by atoms with Gasteiger partial charge in [-0.1, -0.05) is 23.2 Å². The molecule has 0 aromatic heterocycles. The molecule has 0 saturated carbocycles. The second-order valence-electron chi connectivity index (χ2n) is 6.19. The van der Waals surface area contributed by atoms with E-state index < -0.39 is 22.0 Å². The van der Waals surface area contributed by atoms with Crippen molar-refractivity contribution in [2.45, 2.75) is 6.10 Å². The molecule has 1 amide bonds. The van der Waals surface area contributed by atoms with Crippen molar-refractivity contribution in [2.75, 3.05) is 36.6 Å². The fourth-order valence-corrected chi connectivity index (χ4v) is 4.15. The number of fused-ring (bicyclic) bond motifs is 1. The van der Waals surface area contributed by atoms with Crippen molar-refractivity contribution in [1.82, 2.24) is 0 Å². The molecule has 0 unspecified atom stereocenters. The largest absolute Gasteiger partial charge is 0.495 e. The van der Waals surface area contributed by atoms with Crippen molar-refractivity contribution >= 4 is 50.5 Å². The molecule has 0 bridgehead atoms. The minimum Gasteiger partial charge on any atom is -0.495 e. The van der Waals surface area contributed by atoms with E-state index in [1.165, 1.54) is 38.5 Å². The monoisotopic (exact) mass is 460 g/mol. The number of sulfonamides is 1. The molecule has 1 aliphatic rings. The lowest BCUT2D eigenvalue weighted by atomic mass is 10.2. The summed E-state index contributed by atoms with van der Waals surface area (Å²) >= 11 is 12.1. The van der Waals surface area contributed by atoms with Crippen LogP contribution in [0.5, 0.6) is 17.2 Å². The average molecular weight is 461 g/mol. The van der Waals surface area contributed by atoms with Gasteiger partial charge in [-0.3, -0.25) is 9.10 Å². The first-order chi connectivity index (χ1) is 13.6. The normalized spacial score (nSPS) is 15.9. The zero-order valence-corrected chi connectivity index (χ0v) is 18.1. The highest BCUT2D eigenvalue weighted by atomic mass is 35.5. The lowest BCUT2D eigenvalue weighted by molar-refractivity contribution is -0.122. The van der Waals surface area contributed by atoms with Crippen LogP contribution in [0.15, 0.2) is 30.3 Å². The van der Waals surface area contributed by atoms with E-state index in [1.807, 2.05) is 0 Å². The quantitative estimate of drug-likeness (QED) is 0.735. The number of methoxy groups -OCH3 is 2. The third-order valence-electron chi connectivity index (χ3n) is 4.22. The van der Waals surface area contributed by atoms with Gasteiger partial charge >= 0.3 is 0 Å². The van der Waals surface area contributed by atoms with E-state index in [0.29, 0.717) is 27.2 Å². The maximum atomic E-state index is 12.9. The number of halogens is 2. The summed E-state index contributed by atoms with van der Waals surface area (Å²) in [5.74, 6) is 0.311. The van der Waals surface area contributed by atoms with Gasteiger partial charge in [-0.25, -0.2) is 8.42 Å². The van der Waals surface area contributed by atoms with E-state index in [9.17, 15) is 13.2 Å². The average Bonchev–Trinajstić information content (AvgIpc) is 2.67. The van der Waals surface area contributed by atoms with Gasteiger partial charge < -0.3 is 19.5 Å². The Hall–Kier alpha value is -2.36. The molecule has 8 nitrogen and oxygen atoms in total. The molecule has 1 N–H and O–H groups in total. The fourth-order valence-electron chi connectivity index (χ4n) is 2.85. The molecule has 1 atom stereocenters. The number of rotatable bonds is 5. The van der Waals surface area contributed by atoms with Gasteiger partial charge in [-0.05, 0) is 18.2 Å². The summed E-state index contributed by atoms with van der Waals surface area (Å²) in [5.41, 5.74) is 0.574. The number of nitrogens with zero attached hydrogens (tertiary/aromatic N) is 1.